The van der Waals surface area contributed by atoms with E-state index in [0.29, 0.717) is 17.7 Å². The number of aliphatic hydroxyl groups is 1. The van der Waals surface area contributed by atoms with E-state index in [4.69, 9.17) is 5.11 Å². The topological polar surface area (TPSA) is 60.9 Å². The van der Waals surface area contributed by atoms with Crippen molar-refractivity contribution in [3.05, 3.63) is 71.3 Å². The third-order valence-corrected chi connectivity index (χ3v) is 6.33. The Balaban J connectivity index is 0.000000551. The molecule has 2 aromatic carbocycles. The van der Waals surface area contributed by atoms with Crippen molar-refractivity contribution < 1.29 is 14.7 Å². The van der Waals surface area contributed by atoms with Crippen LogP contribution in [0.1, 0.15) is 73.7 Å². The molecule has 34 heavy (non-hydrogen) atoms. The molecule has 0 aliphatic carbocycles. The molecule has 0 spiro atoms. The number of hydrogen-bond donors (Lipinski definition) is 1. The van der Waals surface area contributed by atoms with Crippen LogP contribution in [0.2, 0.25) is 0 Å². The van der Waals surface area contributed by atoms with Gasteiger partial charge in [-0.2, -0.15) is 0 Å². The molecular formula is C29H40N2O3. The van der Waals surface area contributed by atoms with Gasteiger partial charge < -0.3 is 10.0 Å². The number of fused-ring (bicyclic) bond motifs is 1. The molecule has 1 aliphatic heterocycles. The van der Waals surface area contributed by atoms with E-state index >= 15 is 0 Å². The summed E-state index contributed by atoms with van der Waals surface area (Å²) in [4.78, 5) is 28.9. The summed E-state index contributed by atoms with van der Waals surface area (Å²) in [6, 6.07) is 17.5. The van der Waals surface area contributed by atoms with E-state index in [0.717, 1.165) is 25.9 Å². The molecule has 0 aromatic heterocycles. The lowest BCUT2D eigenvalue weighted by atomic mass is 9.76. The molecule has 5 nitrogen and oxygen atoms in total. The van der Waals surface area contributed by atoms with Crippen LogP contribution >= 0.6 is 0 Å². The van der Waals surface area contributed by atoms with Gasteiger partial charge in [-0.25, -0.2) is 0 Å². The van der Waals surface area contributed by atoms with E-state index in [9.17, 15) is 9.59 Å². The molecular weight excluding hydrogens is 424 g/mol. The first kappa shape index (κ1) is 28.9. The molecule has 0 saturated heterocycles. The van der Waals surface area contributed by atoms with Gasteiger partial charge in [0.15, 0.2) is 0 Å². The largest absolute Gasteiger partial charge is 0.462 e. The molecule has 1 heterocycles. The van der Waals surface area contributed by atoms with E-state index in [1.54, 1.807) is 12.1 Å². The number of carbonyl (C=O) groups excluding carboxylic acids is 2. The Morgan fingerprint density at radius 3 is 1.76 bits per heavy atom. The van der Waals surface area contributed by atoms with Crippen LogP contribution in [0.3, 0.4) is 0 Å². The van der Waals surface area contributed by atoms with Crippen LogP contribution in [0, 0.1) is 18.4 Å². The summed E-state index contributed by atoms with van der Waals surface area (Å²) in [5.74, 6) is -0.0365. The van der Waals surface area contributed by atoms with E-state index in [-0.39, 0.29) is 23.1 Å². The number of benzene rings is 2. The Hall–Kier alpha value is -3.10. The second-order valence-electron chi connectivity index (χ2n) is 9.11. The average Bonchev–Trinajstić information content (AvgIpc) is 3.09. The monoisotopic (exact) mass is 464 g/mol. The summed E-state index contributed by atoms with van der Waals surface area (Å²) >= 11 is 0. The summed E-state index contributed by atoms with van der Waals surface area (Å²) in [5, 5.41) is 7.10. The van der Waals surface area contributed by atoms with Crippen LogP contribution in [0.4, 0.5) is 0 Å². The Morgan fingerprint density at radius 1 is 0.941 bits per heavy atom. The highest BCUT2D eigenvalue weighted by Gasteiger charge is 2.37. The molecule has 184 valence electrons. The van der Waals surface area contributed by atoms with Crippen LogP contribution in [-0.4, -0.2) is 53.4 Å². The van der Waals surface area contributed by atoms with E-state index in [1.807, 2.05) is 18.2 Å². The van der Waals surface area contributed by atoms with Crippen LogP contribution in [0.15, 0.2) is 54.6 Å². The zero-order valence-corrected chi connectivity index (χ0v) is 21.5. The predicted molar refractivity (Wildman–Crippen MR) is 139 cm³/mol. The van der Waals surface area contributed by atoms with Crippen molar-refractivity contribution in [1.29, 1.82) is 0 Å². The minimum Gasteiger partial charge on any atom is -0.462 e. The lowest BCUT2D eigenvalue weighted by Gasteiger charge is -2.31. The molecule has 0 bridgehead atoms. The molecule has 1 unspecified atom stereocenters. The first-order valence-electron chi connectivity index (χ1n) is 12.0. The third kappa shape index (κ3) is 8.04. The molecule has 1 aliphatic rings. The molecule has 1 N–H and O–H groups in total. The maximum atomic E-state index is 12.6. The van der Waals surface area contributed by atoms with Crippen molar-refractivity contribution >= 4 is 11.8 Å². The molecule has 0 saturated carbocycles. The normalized spacial score (nSPS) is 13.3. The highest BCUT2D eigenvalue weighted by Crippen LogP contribution is 2.33. The summed E-state index contributed by atoms with van der Waals surface area (Å²) in [5.41, 5.74) is 2.35. The van der Waals surface area contributed by atoms with Gasteiger partial charge in [-0.3, -0.25) is 14.5 Å². The third-order valence-electron chi connectivity index (χ3n) is 6.33. The quantitative estimate of drug-likeness (QED) is 0.409. The first-order chi connectivity index (χ1) is 16.2. The smallest absolute Gasteiger partial charge is 0.261 e. The molecule has 0 fully saturated rings. The van der Waals surface area contributed by atoms with Crippen molar-refractivity contribution in [3.8, 4) is 12.5 Å². The number of terminal acetylenes is 1. The van der Waals surface area contributed by atoms with Crippen molar-refractivity contribution in [3.63, 3.8) is 0 Å². The van der Waals surface area contributed by atoms with Gasteiger partial charge in [0.2, 0.25) is 0 Å². The Labute approximate surface area is 205 Å². The van der Waals surface area contributed by atoms with E-state index in [1.165, 1.54) is 16.6 Å². The second-order valence-corrected chi connectivity index (χ2v) is 9.11. The summed E-state index contributed by atoms with van der Waals surface area (Å²) in [7, 11) is 2.11. The summed E-state index contributed by atoms with van der Waals surface area (Å²) < 4.78 is 0. The molecule has 3 rings (SSSR count). The van der Waals surface area contributed by atoms with Crippen LogP contribution in [0.5, 0.6) is 0 Å². The zero-order chi connectivity index (χ0) is 25.7. The van der Waals surface area contributed by atoms with Gasteiger partial charge in [-0.05, 0) is 55.6 Å². The summed E-state index contributed by atoms with van der Waals surface area (Å²) in [6.07, 6.45) is 7.27. The second kappa shape index (κ2) is 14.2. The lowest BCUT2D eigenvalue weighted by molar-refractivity contribution is 0.0618. The van der Waals surface area contributed by atoms with Crippen LogP contribution in [0.25, 0.3) is 0 Å². The van der Waals surface area contributed by atoms with Crippen molar-refractivity contribution in [1.82, 2.24) is 9.80 Å². The average molecular weight is 465 g/mol. The van der Waals surface area contributed by atoms with Gasteiger partial charge in [0.05, 0.1) is 11.1 Å². The Morgan fingerprint density at radius 2 is 1.38 bits per heavy atom. The number of hydrogen-bond acceptors (Lipinski definition) is 4. The molecule has 2 aromatic rings. The van der Waals surface area contributed by atoms with Gasteiger partial charge in [0.1, 0.15) is 6.11 Å². The zero-order valence-electron chi connectivity index (χ0n) is 21.5. The summed E-state index contributed by atoms with van der Waals surface area (Å²) in [6.45, 7) is 13.7. The fourth-order valence-electron chi connectivity index (χ4n) is 3.95. The Bertz CT molecular complexity index is 908. The molecule has 1 atom stereocenters. The SMILES string of the molecule is C#CO.CCC(CN1C(=O)c2ccccc2C1=O)CC(C)(C)c1ccccc1.CCN(C)CC. The predicted octanol–water partition coefficient (Wildman–Crippen LogP) is 5.58. The maximum absolute atomic E-state index is 12.6. The first-order valence-corrected chi connectivity index (χ1v) is 12.0. The minimum atomic E-state index is -0.156. The van der Waals surface area contributed by atoms with Gasteiger partial charge in [-0.1, -0.05) is 89.9 Å². The van der Waals surface area contributed by atoms with Crippen molar-refractivity contribution in [2.24, 2.45) is 5.92 Å². The molecule has 2 amide bonds. The maximum Gasteiger partial charge on any atom is 0.261 e. The van der Waals surface area contributed by atoms with Crippen molar-refractivity contribution in [2.75, 3.05) is 26.7 Å². The number of nitrogens with zero attached hydrogens (tertiary/aromatic N) is 2. The van der Waals surface area contributed by atoms with Crippen molar-refractivity contribution in [2.45, 2.75) is 52.9 Å². The van der Waals surface area contributed by atoms with Crippen LogP contribution < -0.4 is 0 Å². The fourth-order valence-corrected chi connectivity index (χ4v) is 3.95. The van der Waals surface area contributed by atoms with Gasteiger partial charge >= 0.3 is 0 Å². The highest BCUT2D eigenvalue weighted by atomic mass is 16.2. The fraction of sp³-hybridized carbons (Fsp3) is 0.448. The standard InChI is InChI=1S/C22H25NO2.C5H13N.C2H2O/c1-4-16(14-22(2,3)17-10-6-5-7-11-17)15-23-20(24)18-12-8-9-13-19(18)21(23)25;1-4-6(3)5-2;1-2-3/h5-13,16H,4,14-15H2,1-3H3;4-5H2,1-3H3;1,3H. The number of carbonyl (C=O) groups is 2. The van der Waals surface area contributed by atoms with Gasteiger partial charge in [0.25, 0.3) is 11.8 Å². The van der Waals surface area contributed by atoms with E-state index < -0.39 is 0 Å². The van der Waals surface area contributed by atoms with Gasteiger partial charge in [0, 0.05) is 6.54 Å². The van der Waals surface area contributed by atoms with Crippen LogP contribution in [-0.2, 0) is 5.41 Å². The van der Waals surface area contributed by atoms with Gasteiger partial charge in [-0.15, -0.1) is 0 Å². The minimum absolute atomic E-state index is 0.000603. The number of aliphatic hydroxyl groups excluding tert-OH is 1. The number of amides is 2. The molecule has 5 heteroatoms. The number of imide groups is 1. The Kier molecular flexibility index (Phi) is 12.1. The van der Waals surface area contributed by atoms with E-state index in [2.05, 4.69) is 77.3 Å². The highest BCUT2D eigenvalue weighted by molar-refractivity contribution is 6.21. The molecule has 0 radical (unpaired) electrons. The number of rotatable bonds is 8. The lowest BCUT2D eigenvalue weighted by Crippen LogP contribution is -2.36.